The van der Waals surface area contributed by atoms with Crippen LogP contribution in [0.4, 0.5) is 5.82 Å². The molecule has 3 heterocycles. The van der Waals surface area contributed by atoms with E-state index in [0.717, 1.165) is 36.0 Å². The zero-order chi connectivity index (χ0) is 18.3. The van der Waals surface area contributed by atoms with Crippen molar-refractivity contribution in [2.45, 2.75) is 46.3 Å². The number of thiophene rings is 1. The molecule has 2 aromatic heterocycles. The van der Waals surface area contributed by atoms with E-state index >= 15 is 0 Å². The molecular weight excluding hydrogens is 342 g/mol. The molecule has 0 radical (unpaired) electrons. The summed E-state index contributed by atoms with van der Waals surface area (Å²) in [7, 11) is 0. The van der Waals surface area contributed by atoms with Crippen molar-refractivity contribution >= 4 is 27.4 Å². The summed E-state index contributed by atoms with van der Waals surface area (Å²) in [6.45, 7) is 10.4. The fourth-order valence-electron chi connectivity index (χ4n) is 3.71. The number of fused-ring (bicyclic) bond motifs is 1. The van der Waals surface area contributed by atoms with Gasteiger partial charge in [0, 0.05) is 24.4 Å². The Labute approximate surface area is 158 Å². The van der Waals surface area contributed by atoms with E-state index in [2.05, 4.69) is 56.9 Å². The lowest BCUT2D eigenvalue weighted by Gasteiger charge is -2.36. The molecule has 0 bridgehead atoms. The molecule has 1 fully saturated rings. The highest BCUT2D eigenvalue weighted by atomic mass is 32.1. The Hall–Kier alpha value is -1.98. The summed E-state index contributed by atoms with van der Waals surface area (Å²) in [5, 5.41) is 1.21. The van der Waals surface area contributed by atoms with Gasteiger partial charge in [0.1, 0.15) is 16.5 Å². The fraction of sp³-hybridized carbons (Fsp3) is 0.429. The van der Waals surface area contributed by atoms with Crippen LogP contribution in [0.5, 0.6) is 0 Å². The van der Waals surface area contributed by atoms with Crippen LogP contribution in [0, 0.1) is 13.8 Å². The summed E-state index contributed by atoms with van der Waals surface area (Å²) >= 11 is 1.77. The maximum absolute atomic E-state index is 5.93. The first-order valence-electron chi connectivity index (χ1n) is 9.22. The summed E-state index contributed by atoms with van der Waals surface area (Å²) in [6.07, 6.45) is 1.18. The van der Waals surface area contributed by atoms with Crippen LogP contribution in [0.1, 0.15) is 35.7 Å². The summed E-state index contributed by atoms with van der Waals surface area (Å²) in [6, 6.07) is 10.5. The average molecular weight is 368 g/mol. The number of nitrogens with zero attached hydrogens (tertiary/aromatic N) is 3. The van der Waals surface area contributed by atoms with Gasteiger partial charge >= 0.3 is 0 Å². The molecule has 4 rings (SSSR count). The Morgan fingerprint density at radius 1 is 1.08 bits per heavy atom. The van der Waals surface area contributed by atoms with Crippen molar-refractivity contribution in [1.82, 2.24) is 9.97 Å². The van der Waals surface area contributed by atoms with Gasteiger partial charge in [0.25, 0.3) is 0 Å². The van der Waals surface area contributed by atoms with Crippen molar-refractivity contribution in [2.24, 2.45) is 0 Å². The molecule has 0 aliphatic carbocycles. The third-order valence-electron chi connectivity index (χ3n) is 4.98. The fourth-order valence-corrected chi connectivity index (χ4v) is 4.75. The standard InChI is InChI=1S/C21H25N3OS/c1-13-11-24(12-14(2)25-13)20-19-15(3)16(4)26-21(19)23-18(22-20)10-17-8-6-5-7-9-17/h5-9,13-14H,10-12H2,1-4H3. The van der Waals surface area contributed by atoms with Crippen LogP contribution in [0.15, 0.2) is 30.3 Å². The van der Waals surface area contributed by atoms with Gasteiger partial charge in [0.05, 0.1) is 17.6 Å². The summed E-state index contributed by atoms with van der Waals surface area (Å²) in [5.41, 5.74) is 2.55. The first-order chi connectivity index (χ1) is 12.5. The Bertz CT molecular complexity index is 912. The van der Waals surface area contributed by atoms with Crippen LogP contribution in [-0.4, -0.2) is 35.3 Å². The Kier molecular flexibility index (Phi) is 4.67. The zero-order valence-corrected chi connectivity index (χ0v) is 16.6. The number of benzene rings is 1. The summed E-state index contributed by atoms with van der Waals surface area (Å²) in [4.78, 5) is 14.7. The zero-order valence-electron chi connectivity index (χ0n) is 15.8. The van der Waals surface area contributed by atoms with Gasteiger partial charge in [-0.25, -0.2) is 9.97 Å². The van der Waals surface area contributed by atoms with Gasteiger partial charge in [-0.05, 0) is 38.8 Å². The Balaban J connectivity index is 1.81. The number of hydrogen-bond donors (Lipinski definition) is 0. The molecule has 1 aliphatic heterocycles. The number of aromatic nitrogens is 2. The van der Waals surface area contributed by atoms with E-state index in [-0.39, 0.29) is 12.2 Å². The lowest BCUT2D eigenvalue weighted by molar-refractivity contribution is -0.00538. The lowest BCUT2D eigenvalue weighted by Crippen LogP contribution is -2.46. The molecule has 2 atom stereocenters. The molecular formula is C21H25N3OS. The molecule has 3 aromatic rings. The van der Waals surface area contributed by atoms with Gasteiger partial charge in [-0.3, -0.25) is 0 Å². The van der Waals surface area contributed by atoms with Gasteiger partial charge < -0.3 is 9.64 Å². The van der Waals surface area contributed by atoms with Crippen LogP contribution < -0.4 is 4.90 Å². The third-order valence-corrected chi connectivity index (χ3v) is 6.08. The summed E-state index contributed by atoms with van der Waals surface area (Å²) in [5.74, 6) is 1.97. The number of hydrogen-bond acceptors (Lipinski definition) is 5. The van der Waals surface area contributed by atoms with E-state index < -0.39 is 0 Å². The molecule has 1 saturated heterocycles. The number of anilines is 1. The number of morpholine rings is 1. The van der Waals surface area contributed by atoms with E-state index in [9.17, 15) is 0 Å². The highest BCUT2D eigenvalue weighted by Gasteiger charge is 2.26. The maximum Gasteiger partial charge on any atom is 0.141 e. The monoisotopic (exact) mass is 367 g/mol. The molecule has 0 amide bonds. The van der Waals surface area contributed by atoms with Crippen molar-refractivity contribution in [3.63, 3.8) is 0 Å². The van der Waals surface area contributed by atoms with E-state index in [1.54, 1.807) is 11.3 Å². The number of ether oxygens (including phenoxy) is 1. The van der Waals surface area contributed by atoms with Crippen molar-refractivity contribution in [1.29, 1.82) is 0 Å². The minimum Gasteiger partial charge on any atom is -0.372 e. The molecule has 0 saturated carbocycles. The van der Waals surface area contributed by atoms with E-state index in [4.69, 9.17) is 14.7 Å². The molecule has 1 aromatic carbocycles. The van der Waals surface area contributed by atoms with Crippen LogP contribution in [0.2, 0.25) is 0 Å². The SMILES string of the molecule is Cc1sc2nc(Cc3ccccc3)nc(N3CC(C)OC(C)C3)c2c1C. The second-order valence-electron chi connectivity index (χ2n) is 7.25. The van der Waals surface area contributed by atoms with Crippen molar-refractivity contribution in [2.75, 3.05) is 18.0 Å². The molecule has 1 aliphatic rings. The number of aryl methyl sites for hydroxylation is 2. The van der Waals surface area contributed by atoms with Gasteiger partial charge in [-0.2, -0.15) is 0 Å². The summed E-state index contributed by atoms with van der Waals surface area (Å²) < 4.78 is 5.93. The third kappa shape index (κ3) is 3.33. The predicted molar refractivity (Wildman–Crippen MR) is 108 cm³/mol. The van der Waals surface area contributed by atoms with Crippen LogP contribution in [0.25, 0.3) is 10.2 Å². The van der Waals surface area contributed by atoms with Crippen LogP contribution in [-0.2, 0) is 11.2 Å². The second-order valence-corrected chi connectivity index (χ2v) is 8.45. The predicted octanol–water partition coefficient (Wildman–Crippen LogP) is 4.51. The number of rotatable bonds is 3. The lowest BCUT2D eigenvalue weighted by atomic mass is 10.1. The molecule has 4 nitrogen and oxygen atoms in total. The first-order valence-corrected chi connectivity index (χ1v) is 10.0. The van der Waals surface area contributed by atoms with Gasteiger partial charge in [-0.1, -0.05) is 30.3 Å². The highest BCUT2D eigenvalue weighted by Crippen LogP contribution is 2.36. The molecule has 136 valence electrons. The Morgan fingerprint density at radius 2 is 1.77 bits per heavy atom. The van der Waals surface area contributed by atoms with Crippen molar-refractivity contribution < 1.29 is 4.74 Å². The smallest absolute Gasteiger partial charge is 0.141 e. The van der Waals surface area contributed by atoms with Gasteiger partial charge in [0.2, 0.25) is 0 Å². The Morgan fingerprint density at radius 3 is 2.46 bits per heavy atom. The first kappa shape index (κ1) is 17.4. The maximum atomic E-state index is 5.93. The van der Waals surface area contributed by atoms with E-state index in [1.165, 1.54) is 21.4 Å². The minimum absolute atomic E-state index is 0.210. The average Bonchev–Trinajstić information content (AvgIpc) is 2.88. The van der Waals surface area contributed by atoms with Crippen molar-refractivity contribution in [3.05, 3.63) is 52.2 Å². The van der Waals surface area contributed by atoms with Crippen LogP contribution >= 0.6 is 11.3 Å². The molecule has 0 N–H and O–H groups in total. The quantitative estimate of drug-likeness (QED) is 0.682. The van der Waals surface area contributed by atoms with E-state index in [0.29, 0.717) is 0 Å². The normalized spacial score (nSPS) is 20.7. The molecule has 2 unspecified atom stereocenters. The highest BCUT2D eigenvalue weighted by molar-refractivity contribution is 7.18. The largest absolute Gasteiger partial charge is 0.372 e. The van der Waals surface area contributed by atoms with E-state index in [1.807, 2.05) is 6.07 Å². The van der Waals surface area contributed by atoms with Gasteiger partial charge in [0.15, 0.2) is 0 Å². The van der Waals surface area contributed by atoms with Crippen LogP contribution in [0.3, 0.4) is 0 Å². The van der Waals surface area contributed by atoms with Gasteiger partial charge in [-0.15, -0.1) is 11.3 Å². The van der Waals surface area contributed by atoms with Crippen molar-refractivity contribution in [3.8, 4) is 0 Å². The second kappa shape index (κ2) is 6.97. The topological polar surface area (TPSA) is 38.2 Å². The molecule has 0 spiro atoms. The minimum atomic E-state index is 0.210. The molecule has 26 heavy (non-hydrogen) atoms. The molecule has 5 heteroatoms.